The Kier molecular flexibility index (Phi) is 5.74. The van der Waals surface area contributed by atoms with Gasteiger partial charge in [0.1, 0.15) is 5.01 Å². The topological polar surface area (TPSA) is 24.9 Å². The van der Waals surface area contributed by atoms with Crippen molar-refractivity contribution in [1.82, 2.24) is 10.3 Å². The van der Waals surface area contributed by atoms with Gasteiger partial charge in [0.25, 0.3) is 0 Å². The third-order valence-electron chi connectivity index (χ3n) is 3.62. The third kappa shape index (κ3) is 4.15. The fourth-order valence-corrected chi connectivity index (χ4v) is 3.00. The van der Waals surface area contributed by atoms with E-state index in [2.05, 4.69) is 55.3 Å². The van der Waals surface area contributed by atoms with E-state index in [-0.39, 0.29) is 0 Å². The Morgan fingerprint density at radius 3 is 2.50 bits per heavy atom. The van der Waals surface area contributed by atoms with E-state index >= 15 is 0 Å². The molecule has 20 heavy (non-hydrogen) atoms. The molecule has 0 aliphatic heterocycles. The Bertz CT molecular complexity index is 490. The number of aromatic nitrogens is 1. The molecule has 2 nitrogen and oxygen atoms in total. The molecule has 1 N–H and O–H groups in total. The Labute approximate surface area is 126 Å². The van der Waals surface area contributed by atoms with E-state index < -0.39 is 0 Å². The van der Waals surface area contributed by atoms with Crippen LogP contribution in [-0.2, 0) is 6.42 Å². The van der Waals surface area contributed by atoms with Crippen LogP contribution in [0, 0.1) is 0 Å². The smallest absolute Gasteiger partial charge is 0.109 e. The number of nitrogens with zero attached hydrogens (tertiary/aromatic N) is 1. The molecule has 0 bridgehead atoms. The van der Waals surface area contributed by atoms with Crippen molar-refractivity contribution in [1.29, 1.82) is 0 Å². The monoisotopic (exact) mass is 288 g/mol. The average molecular weight is 288 g/mol. The van der Waals surface area contributed by atoms with E-state index in [9.17, 15) is 0 Å². The number of benzene rings is 1. The van der Waals surface area contributed by atoms with Crippen molar-refractivity contribution in [2.45, 2.75) is 52.1 Å². The van der Waals surface area contributed by atoms with Crippen LogP contribution in [0.4, 0.5) is 0 Å². The lowest BCUT2D eigenvalue weighted by atomic mass is 10.0. The molecule has 3 heteroatoms. The molecule has 0 aliphatic carbocycles. The predicted molar refractivity (Wildman–Crippen MR) is 87.1 cm³/mol. The lowest BCUT2D eigenvalue weighted by molar-refractivity contribution is 0.493. The minimum absolute atomic E-state index is 0.296. The van der Waals surface area contributed by atoms with Crippen LogP contribution in [0.25, 0.3) is 0 Å². The van der Waals surface area contributed by atoms with Crippen LogP contribution in [0.15, 0.2) is 35.8 Å². The highest BCUT2D eigenvalue weighted by Gasteiger charge is 2.12. The Balaban J connectivity index is 1.93. The molecule has 2 aromatic rings. The molecular weight excluding hydrogens is 264 g/mol. The van der Waals surface area contributed by atoms with Gasteiger partial charge in [0.05, 0.1) is 6.04 Å². The van der Waals surface area contributed by atoms with Gasteiger partial charge >= 0.3 is 0 Å². The summed E-state index contributed by atoms with van der Waals surface area (Å²) < 4.78 is 0. The van der Waals surface area contributed by atoms with Crippen LogP contribution >= 0.6 is 11.3 Å². The average Bonchev–Trinajstić information content (AvgIpc) is 3.00. The van der Waals surface area contributed by atoms with E-state index in [0.29, 0.717) is 12.1 Å². The lowest BCUT2D eigenvalue weighted by Crippen LogP contribution is -2.22. The molecule has 108 valence electrons. The molecule has 1 heterocycles. The summed E-state index contributed by atoms with van der Waals surface area (Å²) in [5, 5.41) is 6.79. The van der Waals surface area contributed by atoms with Gasteiger partial charge in [-0.3, -0.25) is 0 Å². The first-order valence-electron chi connectivity index (χ1n) is 7.45. The fraction of sp³-hybridized carbons (Fsp3) is 0.471. The molecule has 0 aliphatic rings. The number of hydrogen-bond acceptors (Lipinski definition) is 3. The summed E-state index contributed by atoms with van der Waals surface area (Å²) in [5.74, 6) is 0. The summed E-state index contributed by atoms with van der Waals surface area (Å²) in [6, 6.07) is 9.65. The normalized spacial score (nSPS) is 14.2. The van der Waals surface area contributed by atoms with Gasteiger partial charge in [0, 0.05) is 17.6 Å². The number of hydrogen-bond donors (Lipinski definition) is 1. The Morgan fingerprint density at radius 1 is 1.15 bits per heavy atom. The maximum Gasteiger partial charge on any atom is 0.109 e. The van der Waals surface area contributed by atoms with Crippen molar-refractivity contribution in [3.63, 3.8) is 0 Å². The van der Waals surface area contributed by atoms with Gasteiger partial charge in [-0.25, -0.2) is 4.98 Å². The third-order valence-corrected chi connectivity index (χ3v) is 4.58. The lowest BCUT2D eigenvalue weighted by Gasteiger charge is -2.19. The minimum atomic E-state index is 0.296. The van der Waals surface area contributed by atoms with Crippen molar-refractivity contribution >= 4 is 11.3 Å². The predicted octanol–water partition coefficient (Wildman–Crippen LogP) is 4.90. The highest BCUT2D eigenvalue weighted by molar-refractivity contribution is 7.09. The van der Waals surface area contributed by atoms with Gasteiger partial charge in [-0.2, -0.15) is 0 Å². The summed E-state index contributed by atoms with van der Waals surface area (Å²) in [6.07, 6.45) is 5.58. The highest BCUT2D eigenvalue weighted by atomic mass is 32.1. The molecule has 0 amide bonds. The molecule has 1 aromatic carbocycles. The number of aryl methyl sites for hydroxylation is 1. The van der Waals surface area contributed by atoms with E-state index in [0.717, 1.165) is 5.01 Å². The van der Waals surface area contributed by atoms with Gasteiger partial charge in [-0.1, -0.05) is 37.6 Å². The fourth-order valence-electron chi connectivity index (χ4n) is 2.34. The van der Waals surface area contributed by atoms with Crippen molar-refractivity contribution in [2.24, 2.45) is 0 Å². The zero-order valence-electron chi connectivity index (χ0n) is 12.6. The first-order chi connectivity index (χ1) is 9.70. The Morgan fingerprint density at radius 2 is 1.90 bits per heavy atom. The number of thiazole rings is 1. The second-order valence-electron chi connectivity index (χ2n) is 5.33. The zero-order valence-corrected chi connectivity index (χ0v) is 13.4. The second kappa shape index (κ2) is 7.55. The summed E-state index contributed by atoms with van der Waals surface area (Å²) in [5.41, 5.74) is 2.78. The van der Waals surface area contributed by atoms with Gasteiger partial charge in [0.15, 0.2) is 0 Å². The molecular formula is C17H24N2S. The van der Waals surface area contributed by atoms with Crippen molar-refractivity contribution < 1.29 is 0 Å². The van der Waals surface area contributed by atoms with E-state index in [1.807, 2.05) is 11.6 Å². The first kappa shape index (κ1) is 15.2. The molecule has 2 rings (SSSR count). The second-order valence-corrected chi connectivity index (χ2v) is 6.25. The molecule has 0 fully saturated rings. The Hall–Kier alpha value is -1.19. The number of rotatable bonds is 7. The SMILES string of the molecule is CCCCc1ccc(C(C)NC(C)c2nccs2)cc1. The van der Waals surface area contributed by atoms with Crippen LogP contribution in [-0.4, -0.2) is 4.98 Å². The quantitative estimate of drug-likeness (QED) is 0.784. The standard InChI is InChI=1S/C17H24N2S/c1-4-5-6-15-7-9-16(10-8-15)13(2)19-14(3)17-18-11-12-20-17/h7-14,19H,4-6H2,1-3H3. The maximum atomic E-state index is 4.37. The van der Waals surface area contributed by atoms with Gasteiger partial charge in [0.2, 0.25) is 0 Å². The molecule has 0 spiro atoms. The molecule has 2 atom stereocenters. The molecule has 0 radical (unpaired) electrons. The van der Waals surface area contributed by atoms with Gasteiger partial charge in [-0.15, -0.1) is 11.3 Å². The summed E-state index contributed by atoms with van der Waals surface area (Å²) >= 11 is 1.71. The zero-order chi connectivity index (χ0) is 14.4. The summed E-state index contributed by atoms with van der Waals surface area (Å²) in [6.45, 7) is 6.62. The first-order valence-corrected chi connectivity index (χ1v) is 8.33. The molecule has 1 aromatic heterocycles. The van der Waals surface area contributed by atoms with Crippen molar-refractivity contribution in [2.75, 3.05) is 0 Å². The molecule has 0 saturated heterocycles. The van der Waals surface area contributed by atoms with Crippen molar-refractivity contribution in [3.05, 3.63) is 52.0 Å². The summed E-state index contributed by atoms with van der Waals surface area (Å²) in [4.78, 5) is 4.37. The largest absolute Gasteiger partial charge is 0.302 e. The van der Waals surface area contributed by atoms with E-state index in [1.54, 1.807) is 11.3 Å². The van der Waals surface area contributed by atoms with Gasteiger partial charge in [-0.05, 0) is 37.8 Å². The van der Waals surface area contributed by atoms with Crippen LogP contribution in [0.3, 0.4) is 0 Å². The van der Waals surface area contributed by atoms with Crippen LogP contribution in [0.2, 0.25) is 0 Å². The van der Waals surface area contributed by atoms with Gasteiger partial charge < -0.3 is 5.32 Å². The number of unbranched alkanes of at least 4 members (excludes halogenated alkanes) is 1. The molecule has 0 saturated carbocycles. The molecule has 2 unspecified atom stereocenters. The van der Waals surface area contributed by atoms with Crippen LogP contribution in [0.5, 0.6) is 0 Å². The van der Waals surface area contributed by atoms with E-state index in [1.165, 1.54) is 30.4 Å². The minimum Gasteiger partial charge on any atom is -0.302 e. The summed E-state index contributed by atoms with van der Waals surface area (Å²) in [7, 11) is 0. The number of nitrogens with one attached hydrogen (secondary N) is 1. The maximum absolute atomic E-state index is 4.37. The van der Waals surface area contributed by atoms with Crippen LogP contribution in [0.1, 0.15) is 61.8 Å². The van der Waals surface area contributed by atoms with E-state index in [4.69, 9.17) is 0 Å². The van der Waals surface area contributed by atoms with Crippen LogP contribution < -0.4 is 5.32 Å². The highest BCUT2D eigenvalue weighted by Crippen LogP contribution is 2.21. The van der Waals surface area contributed by atoms with Crippen molar-refractivity contribution in [3.8, 4) is 0 Å².